The number of carbonyl (C=O) groups is 3. The number of carboxylic acid groups (broad SMARTS) is 2. The molecule has 0 aliphatic rings. The third-order valence-electron chi connectivity index (χ3n) is 6.11. The molecular weight excluding hydrogens is 472 g/mol. The molecule has 0 aliphatic heterocycles. The Morgan fingerprint density at radius 2 is 1.19 bits per heavy atom. The summed E-state index contributed by atoms with van der Waals surface area (Å²) >= 11 is 0. The summed E-state index contributed by atoms with van der Waals surface area (Å²) < 4.78 is 0. The molecule has 0 aliphatic carbocycles. The number of carbonyl (C=O) groups excluding carboxylic acids is 1. The van der Waals surface area contributed by atoms with Crippen LogP contribution in [0.2, 0.25) is 0 Å². The summed E-state index contributed by atoms with van der Waals surface area (Å²) in [6.07, 6.45) is -1.94. The van der Waals surface area contributed by atoms with Crippen molar-refractivity contribution in [2.24, 2.45) is 0 Å². The molecule has 0 aromatic heterocycles. The predicted octanol–water partition coefficient (Wildman–Crippen LogP) is 3.10. The van der Waals surface area contributed by atoms with Crippen molar-refractivity contribution in [3.63, 3.8) is 0 Å². The molecule has 0 radical (unpaired) electrons. The molecule has 3 aromatic rings. The standard InChI is InChI=1S/C29H32N2O6/c32-26(33)17-16-24(29(36)37)30-28(35)27(34)25(18-21-10-4-1-5-11-21)31(19-22-12-6-2-7-13-22)20-23-14-8-3-9-15-23/h1-15,24-25,27,34H,16-20H2,(H,30,35)(H,32,33)(H,36,37)/t24-,25-,27-/m1/s1. The van der Waals surface area contributed by atoms with Crippen LogP contribution in [-0.4, -0.2) is 56.3 Å². The van der Waals surface area contributed by atoms with Gasteiger partial charge in [0.25, 0.3) is 5.91 Å². The van der Waals surface area contributed by atoms with E-state index in [1.807, 2.05) is 95.9 Å². The van der Waals surface area contributed by atoms with E-state index >= 15 is 0 Å². The van der Waals surface area contributed by atoms with Gasteiger partial charge in [0.1, 0.15) is 12.1 Å². The first kappa shape index (κ1) is 27.6. The summed E-state index contributed by atoms with van der Waals surface area (Å²) in [5.41, 5.74) is 2.90. The van der Waals surface area contributed by atoms with Gasteiger partial charge in [-0.3, -0.25) is 14.5 Å². The van der Waals surface area contributed by atoms with E-state index in [1.165, 1.54) is 0 Å². The summed E-state index contributed by atoms with van der Waals surface area (Å²) in [5.74, 6) is -3.38. The van der Waals surface area contributed by atoms with Crippen molar-refractivity contribution in [2.45, 2.75) is 50.5 Å². The van der Waals surface area contributed by atoms with Gasteiger partial charge in [-0.15, -0.1) is 0 Å². The lowest BCUT2D eigenvalue weighted by molar-refractivity contribution is -0.145. The molecular formula is C29H32N2O6. The summed E-state index contributed by atoms with van der Waals surface area (Å²) in [7, 11) is 0. The highest BCUT2D eigenvalue weighted by Crippen LogP contribution is 2.20. The van der Waals surface area contributed by atoms with E-state index in [0.717, 1.165) is 16.7 Å². The van der Waals surface area contributed by atoms with Crippen LogP contribution in [0, 0.1) is 0 Å². The Morgan fingerprint density at radius 3 is 1.62 bits per heavy atom. The Kier molecular flexibility index (Phi) is 10.4. The Bertz CT molecular complexity index is 1100. The van der Waals surface area contributed by atoms with Crippen LogP contribution >= 0.6 is 0 Å². The molecule has 0 saturated heterocycles. The number of aliphatic hydroxyl groups is 1. The second-order valence-corrected chi connectivity index (χ2v) is 8.91. The average molecular weight is 505 g/mol. The summed E-state index contributed by atoms with van der Waals surface area (Å²) in [5, 5.41) is 32.1. The molecule has 3 aromatic carbocycles. The number of nitrogens with one attached hydrogen (secondary N) is 1. The minimum absolute atomic E-state index is 0.287. The maximum Gasteiger partial charge on any atom is 0.326 e. The zero-order valence-electron chi connectivity index (χ0n) is 20.4. The van der Waals surface area contributed by atoms with Crippen LogP contribution in [0.1, 0.15) is 29.5 Å². The number of carboxylic acids is 2. The van der Waals surface area contributed by atoms with E-state index < -0.39 is 42.5 Å². The van der Waals surface area contributed by atoms with Gasteiger partial charge in [-0.1, -0.05) is 91.0 Å². The van der Waals surface area contributed by atoms with Crippen LogP contribution in [0.5, 0.6) is 0 Å². The predicted molar refractivity (Wildman–Crippen MR) is 139 cm³/mol. The fourth-order valence-corrected chi connectivity index (χ4v) is 4.18. The van der Waals surface area contributed by atoms with Crippen molar-refractivity contribution in [1.82, 2.24) is 10.2 Å². The van der Waals surface area contributed by atoms with Gasteiger partial charge in [0.05, 0.1) is 0 Å². The lowest BCUT2D eigenvalue weighted by atomic mass is 9.97. The van der Waals surface area contributed by atoms with E-state index in [0.29, 0.717) is 19.5 Å². The third kappa shape index (κ3) is 8.86. The van der Waals surface area contributed by atoms with Gasteiger partial charge in [0.15, 0.2) is 0 Å². The Labute approximate surface area is 216 Å². The number of rotatable bonds is 14. The number of amides is 1. The van der Waals surface area contributed by atoms with Crippen LogP contribution < -0.4 is 5.32 Å². The van der Waals surface area contributed by atoms with Crippen LogP contribution in [-0.2, 0) is 33.9 Å². The van der Waals surface area contributed by atoms with Gasteiger partial charge in [0.2, 0.25) is 0 Å². The number of aliphatic hydroxyl groups excluding tert-OH is 1. The van der Waals surface area contributed by atoms with Crippen molar-refractivity contribution in [3.8, 4) is 0 Å². The Hall–Kier alpha value is -4.01. The molecule has 0 heterocycles. The quantitative estimate of drug-likeness (QED) is 0.266. The first-order valence-electron chi connectivity index (χ1n) is 12.1. The minimum atomic E-state index is -1.57. The molecule has 0 spiro atoms. The average Bonchev–Trinajstić information content (AvgIpc) is 2.90. The summed E-state index contributed by atoms with van der Waals surface area (Å²) in [6, 6.07) is 26.7. The lowest BCUT2D eigenvalue weighted by Crippen LogP contribution is -2.54. The molecule has 8 nitrogen and oxygen atoms in total. The summed E-state index contributed by atoms with van der Waals surface area (Å²) in [6.45, 7) is 0.887. The van der Waals surface area contributed by atoms with Crippen LogP contribution in [0.25, 0.3) is 0 Å². The lowest BCUT2D eigenvalue weighted by Gasteiger charge is -2.35. The first-order valence-corrected chi connectivity index (χ1v) is 12.1. The van der Waals surface area contributed by atoms with E-state index in [-0.39, 0.29) is 6.42 Å². The van der Waals surface area contributed by atoms with Crippen molar-refractivity contribution in [2.75, 3.05) is 0 Å². The SMILES string of the molecule is O=C(O)CC[C@@H](NC(=O)[C@H](O)[C@@H](Cc1ccccc1)N(Cc1ccccc1)Cc1ccccc1)C(=O)O. The molecule has 194 valence electrons. The maximum atomic E-state index is 13.1. The van der Waals surface area contributed by atoms with Gasteiger partial charge < -0.3 is 20.6 Å². The van der Waals surface area contributed by atoms with Gasteiger partial charge in [-0.25, -0.2) is 4.79 Å². The van der Waals surface area contributed by atoms with Crippen LogP contribution in [0.3, 0.4) is 0 Å². The molecule has 1 amide bonds. The highest BCUT2D eigenvalue weighted by molar-refractivity contribution is 5.87. The molecule has 0 saturated carbocycles. The topological polar surface area (TPSA) is 127 Å². The molecule has 8 heteroatoms. The first-order chi connectivity index (χ1) is 17.8. The molecule has 0 unspecified atom stereocenters. The molecule has 4 N–H and O–H groups in total. The van der Waals surface area contributed by atoms with Crippen LogP contribution in [0.15, 0.2) is 91.0 Å². The van der Waals surface area contributed by atoms with E-state index in [4.69, 9.17) is 5.11 Å². The Balaban J connectivity index is 1.91. The highest BCUT2D eigenvalue weighted by atomic mass is 16.4. The maximum absolute atomic E-state index is 13.1. The van der Waals surface area contributed by atoms with Crippen molar-refractivity contribution in [3.05, 3.63) is 108 Å². The van der Waals surface area contributed by atoms with Crippen molar-refractivity contribution in [1.29, 1.82) is 0 Å². The van der Waals surface area contributed by atoms with Gasteiger partial charge in [0, 0.05) is 25.6 Å². The molecule has 3 atom stereocenters. The van der Waals surface area contributed by atoms with Gasteiger partial charge in [-0.2, -0.15) is 0 Å². The zero-order chi connectivity index (χ0) is 26.6. The fourth-order valence-electron chi connectivity index (χ4n) is 4.18. The third-order valence-corrected chi connectivity index (χ3v) is 6.11. The smallest absolute Gasteiger partial charge is 0.326 e. The van der Waals surface area contributed by atoms with Crippen LogP contribution in [0.4, 0.5) is 0 Å². The molecule has 0 bridgehead atoms. The minimum Gasteiger partial charge on any atom is -0.481 e. The Morgan fingerprint density at radius 1 is 0.730 bits per heavy atom. The molecule has 3 rings (SSSR count). The van der Waals surface area contributed by atoms with Crippen molar-refractivity contribution < 1.29 is 29.7 Å². The van der Waals surface area contributed by atoms with E-state index in [1.54, 1.807) is 0 Å². The number of nitrogens with zero attached hydrogens (tertiary/aromatic N) is 1. The second kappa shape index (κ2) is 13.9. The monoisotopic (exact) mass is 504 g/mol. The number of aliphatic carboxylic acids is 2. The normalized spacial score (nSPS) is 13.5. The van der Waals surface area contributed by atoms with E-state index in [2.05, 4.69) is 5.32 Å². The zero-order valence-corrected chi connectivity index (χ0v) is 20.4. The number of hydrogen-bond acceptors (Lipinski definition) is 5. The second-order valence-electron chi connectivity index (χ2n) is 8.91. The van der Waals surface area contributed by atoms with Gasteiger partial charge in [-0.05, 0) is 29.5 Å². The number of benzene rings is 3. The largest absolute Gasteiger partial charge is 0.481 e. The van der Waals surface area contributed by atoms with Crippen molar-refractivity contribution >= 4 is 17.8 Å². The van der Waals surface area contributed by atoms with E-state index in [9.17, 15) is 24.6 Å². The fraction of sp³-hybridized carbons (Fsp3) is 0.276. The van der Waals surface area contributed by atoms with Gasteiger partial charge >= 0.3 is 11.9 Å². The summed E-state index contributed by atoms with van der Waals surface area (Å²) in [4.78, 5) is 37.7. The number of hydrogen-bond donors (Lipinski definition) is 4. The molecule has 0 fully saturated rings. The highest BCUT2D eigenvalue weighted by Gasteiger charge is 2.34. The molecule has 37 heavy (non-hydrogen) atoms.